The van der Waals surface area contributed by atoms with Gasteiger partial charge in [0.2, 0.25) is 0 Å². The van der Waals surface area contributed by atoms with Crippen molar-refractivity contribution in [1.29, 1.82) is 0 Å². The maximum atomic E-state index is 12.2. The molecule has 0 aliphatic heterocycles. The lowest BCUT2D eigenvalue weighted by molar-refractivity contribution is -0.138. The highest BCUT2D eigenvalue weighted by Gasteiger charge is 2.32. The molecule has 0 amide bonds. The molecule has 1 heterocycles. The molecule has 0 aliphatic carbocycles. The van der Waals surface area contributed by atoms with Gasteiger partial charge < -0.3 is 0 Å². The molecule has 66 valence electrons. The molecule has 0 spiro atoms. The number of halogens is 3. The van der Waals surface area contributed by atoms with Gasteiger partial charge in [-0.05, 0) is 18.1 Å². The molecule has 0 fully saturated rings. The summed E-state index contributed by atoms with van der Waals surface area (Å²) in [6, 6.07) is 0.999. The van der Waals surface area contributed by atoms with Gasteiger partial charge in [0.15, 0.2) is 0 Å². The van der Waals surface area contributed by atoms with Crippen LogP contribution < -0.4 is 0 Å². The fourth-order valence-corrected chi connectivity index (χ4v) is 0.985. The molecule has 12 heavy (non-hydrogen) atoms. The van der Waals surface area contributed by atoms with E-state index in [2.05, 4.69) is 4.98 Å². The molecule has 0 atom stereocenters. The number of alkyl halides is 3. The normalized spacial score (nSPS) is 11.7. The summed E-state index contributed by atoms with van der Waals surface area (Å²) >= 11 is 0. The first-order chi connectivity index (χ1) is 5.55. The van der Waals surface area contributed by atoms with Crippen molar-refractivity contribution in [3.63, 3.8) is 0 Å². The lowest BCUT2D eigenvalue weighted by Crippen LogP contribution is -2.08. The zero-order valence-electron chi connectivity index (χ0n) is 6.52. The van der Waals surface area contributed by atoms with E-state index in [1.165, 1.54) is 6.20 Å². The van der Waals surface area contributed by atoms with E-state index in [-0.39, 0.29) is 5.56 Å². The smallest absolute Gasteiger partial charge is 0.264 e. The Bertz CT molecular complexity index is 267. The van der Waals surface area contributed by atoms with E-state index in [0.717, 1.165) is 12.3 Å². The van der Waals surface area contributed by atoms with Crippen LogP contribution in [-0.4, -0.2) is 4.98 Å². The summed E-state index contributed by atoms with van der Waals surface area (Å²) in [4.78, 5) is 3.63. The van der Waals surface area contributed by atoms with Gasteiger partial charge in [0.1, 0.15) is 0 Å². The first-order valence-corrected chi connectivity index (χ1v) is 3.55. The van der Waals surface area contributed by atoms with Gasteiger partial charge in [0.25, 0.3) is 0 Å². The number of rotatable bonds is 1. The predicted molar refractivity (Wildman–Crippen MR) is 38.6 cm³/mol. The summed E-state index contributed by atoms with van der Waals surface area (Å²) in [6.45, 7) is 1.67. The Morgan fingerprint density at radius 2 is 2.08 bits per heavy atom. The third kappa shape index (κ3) is 1.75. The largest absolute Gasteiger partial charge is 0.416 e. The van der Waals surface area contributed by atoms with Crippen LogP contribution in [0.1, 0.15) is 18.1 Å². The first kappa shape index (κ1) is 9.03. The summed E-state index contributed by atoms with van der Waals surface area (Å²) in [7, 11) is 0. The summed E-state index contributed by atoms with van der Waals surface area (Å²) in [6.07, 6.45) is -1.50. The molecule has 1 rings (SSSR count). The van der Waals surface area contributed by atoms with Gasteiger partial charge in [-0.2, -0.15) is 13.2 Å². The highest BCUT2D eigenvalue weighted by Crippen LogP contribution is 2.31. The lowest BCUT2D eigenvalue weighted by atomic mass is 10.1. The minimum absolute atomic E-state index is 0.241. The molecule has 1 nitrogen and oxygen atoms in total. The van der Waals surface area contributed by atoms with E-state index in [4.69, 9.17) is 0 Å². The SMILES string of the molecule is CCc1cnccc1C(F)(F)F. The standard InChI is InChI=1S/C8H8F3N/c1-2-6-5-12-4-3-7(6)8(9,10)11/h3-5H,2H2,1H3. The van der Waals surface area contributed by atoms with Gasteiger partial charge in [0, 0.05) is 12.4 Å². The van der Waals surface area contributed by atoms with Crippen molar-refractivity contribution < 1.29 is 13.2 Å². The summed E-state index contributed by atoms with van der Waals surface area (Å²) in [5.74, 6) is 0. The minimum atomic E-state index is -4.26. The Morgan fingerprint density at radius 1 is 1.42 bits per heavy atom. The van der Waals surface area contributed by atoms with Crippen LogP contribution in [-0.2, 0) is 12.6 Å². The molecule has 0 aliphatic rings. The van der Waals surface area contributed by atoms with E-state index in [1.807, 2.05) is 0 Å². The Kier molecular flexibility index (Phi) is 2.35. The minimum Gasteiger partial charge on any atom is -0.264 e. The van der Waals surface area contributed by atoms with Crippen molar-refractivity contribution in [2.24, 2.45) is 0 Å². The number of hydrogen-bond acceptors (Lipinski definition) is 1. The van der Waals surface area contributed by atoms with Gasteiger partial charge in [-0.1, -0.05) is 6.92 Å². The van der Waals surface area contributed by atoms with Gasteiger partial charge in [-0.25, -0.2) is 0 Å². The van der Waals surface area contributed by atoms with E-state index in [9.17, 15) is 13.2 Å². The zero-order valence-corrected chi connectivity index (χ0v) is 6.52. The molecule has 0 aromatic carbocycles. The molecule has 0 bridgehead atoms. The van der Waals surface area contributed by atoms with Crippen molar-refractivity contribution in [1.82, 2.24) is 4.98 Å². The zero-order chi connectivity index (χ0) is 9.19. The Labute approximate surface area is 68.2 Å². The van der Waals surface area contributed by atoms with Crippen LogP contribution in [0.4, 0.5) is 13.2 Å². The van der Waals surface area contributed by atoms with Crippen LogP contribution in [0, 0.1) is 0 Å². The second kappa shape index (κ2) is 3.13. The van der Waals surface area contributed by atoms with Crippen molar-refractivity contribution in [2.45, 2.75) is 19.5 Å². The van der Waals surface area contributed by atoms with E-state index in [0.29, 0.717) is 6.42 Å². The Hall–Kier alpha value is -1.06. The number of pyridine rings is 1. The molecule has 0 N–H and O–H groups in total. The maximum absolute atomic E-state index is 12.2. The fraction of sp³-hybridized carbons (Fsp3) is 0.375. The van der Waals surface area contributed by atoms with Gasteiger partial charge in [-0.15, -0.1) is 0 Å². The van der Waals surface area contributed by atoms with Crippen LogP contribution >= 0.6 is 0 Å². The van der Waals surface area contributed by atoms with Crippen LogP contribution in [0.5, 0.6) is 0 Å². The summed E-state index contributed by atoms with van der Waals surface area (Å²) in [5, 5.41) is 0. The van der Waals surface area contributed by atoms with Crippen molar-refractivity contribution >= 4 is 0 Å². The molecule has 0 saturated carbocycles. The number of aromatic nitrogens is 1. The van der Waals surface area contributed by atoms with Crippen molar-refractivity contribution in [2.75, 3.05) is 0 Å². The maximum Gasteiger partial charge on any atom is 0.416 e. The number of nitrogens with zero attached hydrogens (tertiary/aromatic N) is 1. The molecule has 0 unspecified atom stereocenters. The summed E-state index contributed by atoms with van der Waals surface area (Å²) < 4.78 is 36.6. The lowest BCUT2D eigenvalue weighted by Gasteiger charge is -2.09. The fourth-order valence-electron chi connectivity index (χ4n) is 0.985. The van der Waals surface area contributed by atoms with E-state index < -0.39 is 11.7 Å². The topological polar surface area (TPSA) is 12.9 Å². The molecule has 4 heteroatoms. The third-order valence-electron chi connectivity index (χ3n) is 1.59. The van der Waals surface area contributed by atoms with Crippen LogP contribution in [0.25, 0.3) is 0 Å². The highest BCUT2D eigenvalue weighted by molar-refractivity contribution is 5.25. The molecular formula is C8H8F3N. The molecule has 0 saturated heterocycles. The van der Waals surface area contributed by atoms with Gasteiger partial charge >= 0.3 is 6.18 Å². The van der Waals surface area contributed by atoms with Crippen molar-refractivity contribution in [3.05, 3.63) is 29.6 Å². The second-order valence-electron chi connectivity index (χ2n) is 2.38. The molecule has 1 aromatic rings. The monoisotopic (exact) mass is 175 g/mol. The average molecular weight is 175 g/mol. The second-order valence-corrected chi connectivity index (χ2v) is 2.38. The third-order valence-corrected chi connectivity index (χ3v) is 1.59. The average Bonchev–Trinajstić information content (AvgIpc) is 2.03. The van der Waals surface area contributed by atoms with Crippen LogP contribution in [0.2, 0.25) is 0 Å². The number of aryl methyl sites for hydroxylation is 1. The first-order valence-electron chi connectivity index (χ1n) is 3.55. The molecular weight excluding hydrogens is 167 g/mol. The Morgan fingerprint density at radius 3 is 2.50 bits per heavy atom. The Balaban J connectivity index is 3.14. The highest BCUT2D eigenvalue weighted by atomic mass is 19.4. The van der Waals surface area contributed by atoms with Gasteiger partial charge in [0.05, 0.1) is 5.56 Å². The molecule has 0 radical (unpaired) electrons. The van der Waals surface area contributed by atoms with Crippen LogP contribution in [0.3, 0.4) is 0 Å². The quantitative estimate of drug-likeness (QED) is 0.639. The molecule has 1 aromatic heterocycles. The number of hydrogen-bond donors (Lipinski definition) is 0. The van der Waals surface area contributed by atoms with E-state index >= 15 is 0 Å². The van der Waals surface area contributed by atoms with Crippen molar-refractivity contribution in [3.8, 4) is 0 Å². The predicted octanol–water partition coefficient (Wildman–Crippen LogP) is 2.66. The van der Waals surface area contributed by atoms with E-state index in [1.54, 1.807) is 6.92 Å². The van der Waals surface area contributed by atoms with Crippen LogP contribution in [0.15, 0.2) is 18.5 Å². The summed E-state index contributed by atoms with van der Waals surface area (Å²) in [5.41, 5.74) is -0.343. The van der Waals surface area contributed by atoms with Gasteiger partial charge in [-0.3, -0.25) is 4.98 Å².